The molecular weight excluding hydrogens is 176 g/mol. The van der Waals surface area contributed by atoms with E-state index in [0.717, 1.165) is 16.9 Å². The first kappa shape index (κ1) is 8.97. The Labute approximate surface area is 82.5 Å². The Balaban J connectivity index is 2.49. The van der Waals surface area contributed by atoms with E-state index in [1.807, 2.05) is 25.1 Å². The van der Waals surface area contributed by atoms with E-state index in [0.29, 0.717) is 6.54 Å². The quantitative estimate of drug-likeness (QED) is 0.785. The number of benzene rings is 1. The van der Waals surface area contributed by atoms with Gasteiger partial charge in [-0.1, -0.05) is 28.9 Å². The average Bonchev–Trinajstić information content (AvgIpc) is 2.65. The van der Waals surface area contributed by atoms with Crippen molar-refractivity contribution in [3.8, 4) is 11.3 Å². The molecule has 1 aromatic heterocycles. The van der Waals surface area contributed by atoms with Crippen molar-refractivity contribution in [3.05, 3.63) is 41.6 Å². The predicted molar refractivity (Wildman–Crippen MR) is 54.6 cm³/mol. The number of nitrogens with zero attached hydrogens (tertiary/aromatic N) is 1. The van der Waals surface area contributed by atoms with Gasteiger partial charge in [-0.15, -0.1) is 0 Å². The molecule has 0 fully saturated rings. The Hall–Kier alpha value is -1.61. The third-order valence-electron chi connectivity index (χ3n) is 2.14. The molecule has 0 unspecified atom stereocenters. The first-order chi connectivity index (χ1) is 6.81. The Bertz CT molecular complexity index is 434. The molecule has 0 spiro atoms. The van der Waals surface area contributed by atoms with E-state index >= 15 is 0 Å². The summed E-state index contributed by atoms with van der Waals surface area (Å²) in [4.78, 5) is 0. The highest BCUT2D eigenvalue weighted by Gasteiger charge is 2.08. The van der Waals surface area contributed by atoms with Crippen molar-refractivity contribution in [3.63, 3.8) is 0 Å². The molecule has 0 bridgehead atoms. The summed E-state index contributed by atoms with van der Waals surface area (Å²) in [5.74, 6) is 0.774. The number of hydrogen-bond acceptors (Lipinski definition) is 3. The molecule has 1 aromatic carbocycles. The largest absolute Gasteiger partial charge is 0.356 e. The minimum Gasteiger partial charge on any atom is -0.356 e. The molecule has 0 aliphatic heterocycles. The minimum absolute atomic E-state index is 0.451. The predicted octanol–water partition coefficient (Wildman–Crippen LogP) is 2.11. The molecule has 14 heavy (non-hydrogen) atoms. The van der Waals surface area contributed by atoms with Gasteiger partial charge >= 0.3 is 0 Å². The lowest BCUT2D eigenvalue weighted by Crippen LogP contribution is -1.95. The third-order valence-corrected chi connectivity index (χ3v) is 2.14. The summed E-state index contributed by atoms with van der Waals surface area (Å²) >= 11 is 0. The van der Waals surface area contributed by atoms with Crippen molar-refractivity contribution >= 4 is 0 Å². The molecule has 2 N–H and O–H groups in total. The molecule has 2 rings (SSSR count). The van der Waals surface area contributed by atoms with E-state index in [1.165, 1.54) is 5.56 Å². The fourth-order valence-electron chi connectivity index (χ4n) is 1.43. The number of hydrogen-bond donors (Lipinski definition) is 1. The average molecular weight is 188 g/mol. The maximum atomic E-state index is 5.57. The molecule has 0 saturated carbocycles. The first-order valence-corrected chi connectivity index (χ1v) is 4.52. The highest BCUT2D eigenvalue weighted by molar-refractivity contribution is 5.61. The Morgan fingerprint density at radius 1 is 1.43 bits per heavy atom. The van der Waals surface area contributed by atoms with E-state index in [4.69, 9.17) is 10.3 Å². The van der Waals surface area contributed by atoms with Gasteiger partial charge in [0.1, 0.15) is 0 Å². The summed E-state index contributed by atoms with van der Waals surface area (Å²) in [5, 5.41) is 3.74. The fourth-order valence-corrected chi connectivity index (χ4v) is 1.43. The maximum Gasteiger partial charge on any atom is 0.171 e. The molecular formula is C11H12N2O. The first-order valence-electron chi connectivity index (χ1n) is 4.52. The molecule has 0 saturated heterocycles. The summed E-state index contributed by atoms with van der Waals surface area (Å²) in [5.41, 5.74) is 8.74. The summed E-state index contributed by atoms with van der Waals surface area (Å²) in [6, 6.07) is 8.09. The van der Waals surface area contributed by atoms with Gasteiger partial charge in [-0.3, -0.25) is 0 Å². The topological polar surface area (TPSA) is 52.0 Å². The zero-order chi connectivity index (χ0) is 9.97. The molecule has 0 aliphatic carbocycles. The van der Waals surface area contributed by atoms with Crippen LogP contribution in [0.5, 0.6) is 0 Å². The molecule has 0 radical (unpaired) electrons. The van der Waals surface area contributed by atoms with Crippen LogP contribution < -0.4 is 5.73 Å². The van der Waals surface area contributed by atoms with E-state index in [-0.39, 0.29) is 0 Å². The van der Waals surface area contributed by atoms with Crippen molar-refractivity contribution in [2.75, 3.05) is 0 Å². The molecule has 1 heterocycles. The van der Waals surface area contributed by atoms with Crippen LogP contribution in [0.4, 0.5) is 0 Å². The van der Waals surface area contributed by atoms with Gasteiger partial charge in [0.15, 0.2) is 5.76 Å². The lowest BCUT2D eigenvalue weighted by Gasteiger charge is -1.99. The van der Waals surface area contributed by atoms with Gasteiger partial charge in [-0.25, -0.2) is 0 Å². The monoisotopic (exact) mass is 188 g/mol. The molecule has 0 atom stereocenters. The smallest absolute Gasteiger partial charge is 0.171 e. The molecule has 0 aliphatic rings. The van der Waals surface area contributed by atoms with Crippen LogP contribution in [0.1, 0.15) is 11.1 Å². The van der Waals surface area contributed by atoms with Crippen molar-refractivity contribution in [1.82, 2.24) is 5.16 Å². The van der Waals surface area contributed by atoms with Gasteiger partial charge in [-0.05, 0) is 13.0 Å². The van der Waals surface area contributed by atoms with Crippen LogP contribution in [0.15, 0.2) is 35.0 Å². The Morgan fingerprint density at radius 3 is 3.00 bits per heavy atom. The number of rotatable bonds is 2. The second-order valence-electron chi connectivity index (χ2n) is 3.25. The molecule has 72 valence electrons. The van der Waals surface area contributed by atoms with Crippen molar-refractivity contribution in [2.45, 2.75) is 13.5 Å². The standard InChI is InChI=1S/C11H12N2O/c1-8-3-2-4-9(5-8)11-10(6-12)7-13-14-11/h2-5,7H,6,12H2,1H3. The Kier molecular flexibility index (Phi) is 2.33. The lowest BCUT2D eigenvalue weighted by atomic mass is 10.1. The van der Waals surface area contributed by atoms with Gasteiger partial charge in [0.05, 0.1) is 6.20 Å². The van der Waals surface area contributed by atoms with Gasteiger partial charge < -0.3 is 10.3 Å². The molecule has 0 amide bonds. The minimum atomic E-state index is 0.451. The van der Waals surface area contributed by atoms with E-state index in [1.54, 1.807) is 6.20 Å². The van der Waals surface area contributed by atoms with Gasteiger partial charge in [-0.2, -0.15) is 0 Å². The number of aromatic nitrogens is 1. The SMILES string of the molecule is Cc1cccc(-c2oncc2CN)c1. The molecule has 2 aromatic rings. The van der Waals surface area contributed by atoms with Gasteiger partial charge in [0.25, 0.3) is 0 Å². The number of aryl methyl sites for hydroxylation is 1. The molecule has 3 heteroatoms. The summed E-state index contributed by atoms with van der Waals surface area (Å²) in [6.07, 6.45) is 1.66. The van der Waals surface area contributed by atoms with E-state index in [9.17, 15) is 0 Å². The van der Waals surface area contributed by atoms with Crippen LogP contribution in [0.2, 0.25) is 0 Å². The zero-order valence-corrected chi connectivity index (χ0v) is 8.03. The van der Waals surface area contributed by atoms with Crippen LogP contribution in [-0.2, 0) is 6.54 Å². The van der Waals surface area contributed by atoms with Crippen molar-refractivity contribution in [1.29, 1.82) is 0 Å². The van der Waals surface area contributed by atoms with Crippen LogP contribution in [0, 0.1) is 6.92 Å². The Morgan fingerprint density at radius 2 is 2.29 bits per heavy atom. The van der Waals surface area contributed by atoms with Gasteiger partial charge in [0, 0.05) is 17.7 Å². The van der Waals surface area contributed by atoms with Crippen LogP contribution in [-0.4, -0.2) is 5.16 Å². The van der Waals surface area contributed by atoms with Crippen molar-refractivity contribution in [2.24, 2.45) is 5.73 Å². The maximum absolute atomic E-state index is 5.57. The highest BCUT2D eigenvalue weighted by Crippen LogP contribution is 2.23. The van der Waals surface area contributed by atoms with Crippen LogP contribution >= 0.6 is 0 Å². The van der Waals surface area contributed by atoms with Crippen LogP contribution in [0.25, 0.3) is 11.3 Å². The van der Waals surface area contributed by atoms with E-state index in [2.05, 4.69) is 11.2 Å². The summed E-state index contributed by atoms with van der Waals surface area (Å²) in [6.45, 7) is 2.49. The number of nitrogens with two attached hydrogens (primary N) is 1. The van der Waals surface area contributed by atoms with Crippen LogP contribution in [0.3, 0.4) is 0 Å². The van der Waals surface area contributed by atoms with Gasteiger partial charge in [0.2, 0.25) is 0 Å². The fraction of sp³-hybridized carbons (Fsp3) is 0.182. The zero-order valence-electron chi connectivity index (χ0n) is 8.03. The lowest BCUT2D eigenvalue weighted by molar-refractivity contribution is 0.431. The normalized spacial score (nSPS) is 10.4. The molecule has 3 nitrogen and oxygen atoms in total. The second kappa shape index (κ2) is 3.64. The second-order valence-corrected chi connectivity index (χ2v) is 3.25. The van der Waals surface area contributed by atoms with Crippen molar-refractivity contribution < 1.29 is 4.52 Å². The summed E-state index contributed by atoms with van der Waals surface area (Å²) in [7, 11) is 0. The van der Waals surface area contributed by atoms with E-state index < -0.39 is 0 Å². The third kappa shape index (κ3) is 1.54. The summed E-state index contributed by atoms with van der Waals surface area (Å²) < 4.78 is 5.17. The highest BCUT2D eigenvalue weighted by atomic mass is 16.5.